The minimum Gasteiger partial charge on any atom is -0.376 e. The van der Waals surface area contributed by atoms with Gasteiger partial charge in [-0.2, -0.15) is 0 Å². The van der Waals surface area contributed by atoms with Gasteiger partial charge in [0, 0.05) is 42.2 Å². The number of pyridine rings is 1. The molecule has 2 N–H and O–H groups in total. The van der Waals surface area contributed by atoms with Crippen LogP contribution in [0.2, 0.25) is 10.0 Å². The van der Waals surface area contributed by atoms with Crippen molar-refractivity contribution in [3.8, 4) is 0 Å². The third kappa shape index (κ3) is 4.67. The molecule has 0 unspecified atom stereocenters. The second-order valence-corrected chi connectivity index (χ2v) is 12.1. The first-order valence-corrected chi connectivity index (χ1v) is 13.7. The van der Waals surface area contributed by atoms with Crippen molar-refractivity contribution >= 4 is 46.4 Å². The lowest BCUT2D eigenvalue weighted by molar-refractivity contribution is 0.0974. The lowest BCUT2D eigenvalue weighted by Crippen LogP contribution is -2.50. The minimum absolute atomic E-state index is 0.0915. The molecule has 1 spiro atoms. The third-order valence-corrected chi connectivity index (χ3v) is 9.65. The number of ether oxygens (including phenoxy) is 1. The number of nitrogens with zero attached hydrogens (tertiary/aromatic N) is 4. The maximum atomic E-state index is 6.57. The standard InChI is InChI=1S/C26H33Cl2N5OS/c1-16-12-21(32-10-8-26(9-11-32)15-34-17(2)24(26)29)33-14-18(13-31(3)4)30-25(33)23(16)35-20-7-5-6-19(27)22(20)28/h5-7,12,14,17,24H,8-11,13,15,29H2,1-4H3/t17-,24+/m0/s1. The number of rotatable bonds is 5. The van der Waals surface area contributed by atoms with E-state index in [4.69, 9.17) is 38.7 Å². The molecule has 0 radical (unpaired) electrons. The van der Waals surface area contributed by atoms with Crippen LogP contribution in [0.15, 0.2) is 40.3 Å². The summed E-state index contributed by atoms with van der Waals surface area (Å²) in [5, 5.41) is 1.14. The summed E-state index contributed by atoms with van der Waals surface area (Å²) in [6.45, 7) is 7.69. The smallest absolute Gasteiger partial charge is 0.153 e. The van der Waals surface area contributed by atoms with E-state index in [2.05, 4.69) is 54.4 Å². The first kappa shape index (κ1) is 25.2. The van der Waals surface area contributed by atoms with Crippen LogP contribution in [0.5, 0.6) is 0 Å². The van der Waals surface area contributed by atoms with E-state index < -0.39 is 0 Å². The SMILES string of the molecule is Cc1cc(N2CCC3(CC2)CO[C@@H](C)[C@H]3N)n2cc(CN(C)C)nc2c1Sc1cccc(Cl)c1Cl. The van der Waals surface area contributed by atoms with Gasteiger partial charge < -0.3 is 20.3 Å². The molecule has 0 bridgehead atoms. The van der Waals surface area contributed by atoms with E-state index in [1.54, 1.807) is 11.8 Å². The molecule has 1 aromatic carbocycles. The number of fused-ring (bicyclic) bond motifs is 1. The van der Waals surface area contributed by atoms with Crippen molar-refractivity contribution in [1.29, 1.82) is 0 Å². The molecule has 2 aromatic heterocycles. The predicted octanol–water partition coefficient (Wildman–Crippen LogP) is 5.49. The summed E-state index contributed by atoms with van der Waals surface area (Å²) in [7, 11) is 4.13. The molecule has 0 saturated carbocycles. The predicted molar refractivity (Wildman–Crippen MR) is 145 cm³/mol. The quantitative estimate of drug-likeness (QED) is 0.467. The second-order valence-electron chi connectivity index (χ2n) is 10.2. The first-order valence-electron chi connectivity index (χ1n) is 12.1. The molecule has 2 saturated heterocycles. The maximum Gasteiger partial charge on any atom is 0.153 e. The number of halogens is 2. The van der Waals surface area contributed by atoms with Crippen molar-refractivity contribution in [2.24, 2.45) is 11.1 Å². The van der Waals surface area contributed by atoms with Gasteiger partial charge in [-0.25, -0.2) is 4.98 Å². The summed E-state index contributed by atoms with van der Waals surface area (Å²) in [5.41, 5.74) is 9.82. The zero-order valence-electron chi connectivity index (χ0n) is 20.7. The summed E-state index contributed by atoms with van der Waals surface area (Å²) in [4.78, 5) is 11.7. The van der Waals surface area contributed by atoms with E-state index in [1.807, 2.05) is 18.2 Å². The summed E-state index contributed by atoms with van der Waals surface area (Å²) in [5.74, 6) is 1.17. The Bertz CT molecular complexity index is 1240. The molecular formula is C26H33Cl2N5OS. The molecule has 2 aliphatic heterocycles. The molecule has 2 aliphatic rings. The van der Waals surface area contributed by atoms with E-state index in [-0.39, 0.29) is 17.6 Å². The average molecular weight is 535 g/mol. The number of anilines is 1. The third-order valence-electron chi connectivity index (χ3n) is 7.45. The maximum absolute atomic E-state index is 6.57. The van der Waals surface area contributed by atoms with Gasteiger partial charge in [0.2, 0.25) is 0 Å². The average Bonchev–Trinajstić information content (AvgIpc) is 3.35. The van der Waals surface area contributed by atoms with Crippen LogP contribution < -0.4 is 10.6 Å². The molecule has 3 aromatic rings. The summed E-state index contributed by atoms with van der Waals surface area (Å²) < 4.78 is 8.18. The lowest BCUT2D eigenvalue weighted by atomic mass is 9.73. The van der Waals surface area contributed by atoms with Crippen molar-refractivity contribution in [1.82, 2.24) is 14.3 Å². The summed E-state index contributed by atoms with van der Waals surface area (Å²) in [6.07, 6.45) is 4.37. The van der Waals surface area contributed by atoms with E-state index in [9.17, 15) is 0 Å². The number of aromatic nitrogens is 2. The van der Waals surface area contributed by atoms with Crippen molar-refractivity contribution < 1.29 is 4.74 Å². The Kier molecular flexibility index (Phi) is 7.03. The molecule has 35 heavy (non-hydrogen) atoms. The van der Waals surface area contributed by atoms with Gasteiger partial charge in [-0.15, -0.1) is 0 Å². The fraction of sp³-hybridized carbons (Fsp3) is 0.500. The second kappa shape index (κ2) is 9.77. The highest BCUT2D eigenvalue weighted by Gasteiger charge is 2.47. The van der Waals surface area contributed by atoms with Crippen molar-refractivity contribution in [3.05, 3.63) is 51.8 Å². The van der Waals surface area contributed by atoms with Crippen LogP contribution in [0.3, 0.4) is 0 Å². The van der Waals surface area contributed by atoms with Crippen LogP contribution >= 0.6 is 35.0 Å². The van der Waals surface area contributed by atoms with Crippen molar-refractivity contribution in [2.75, 3.05) is 38.7 Å². The number of hydrogen-bond donors (Lipinski definition) is 1. The zero-order valence-corrected chi connectivity index (χ0v) is 23.1. The molecule has 0 amide bonds. The highest BCUT2D eigenvalue weighted by molar-refractivity contribution is 7.99. The number of nitrogens with two attached hydrogens (primary N) is 1. The molecular weight excluding hydrogens is 501 g/mol. The van der Waals surface area contributed by atoms with Gasteiger partial charge in [0.15, 0.2) is 5.65 Å². The fourth-order valence-corrected chi connectivity index (χ4v) is 6.86. The molecule has 6 nitrogen and oxygen atoms in total. The van der Waals surface area contributed by atoms with Gasteiger partial charge in [-0.3, -0.25) is 4.40 Å². The lowest BCUT2D eigenvalue weighted by Gasteiger charge is -2.42. The Morgan fingerprint density at radius 2 is 2.00 bits per heavy atom. The Morgan fingerprint density at radius 3 is 2.66 bits per heavy atom. The molecule has 9 heteroatoms. The Labute approximate surface area is 221 Å². The van der Waals surface area contributed by atoms with E-state index in [0.29, 0.717) is 10.0 Å². The topological polar surface area (TPSA) is 59.0 Å². The van der Waals surface area contributed by atoms with Crippen LogP contribution in [0, 0.1) is 12.3 Å². The summed E-state index contributed by atoms with van der Waals surface area (Å²) in [6, 6.07) is 8.13. The molecule has 0 aliphatic carbocycles. The number of hydrogen-bond acceptors (Lipinski definition) is 6. The first-order chi connectivity index (χ1) is 16.7. The van der Waals surface area contributed by atoms with E-state index in [1.165, 1.54) is 11.4 Å². The monoisotopic (exact) mass is 533 g/mol. The van der Waals surface area contributed by atoms with Gasteiger partial charge in [0.25, 0.3) is 0 Å². The summed E-state index contributed by atoms with van der Waals surface area (Å²) >= 11 is 14.5. The van der Waals surface area contributed by atoms with E-state index >= 15 is 0 Å². The van der Waals surface area contributed by atoms with Crippen LogP contribution in [-0.2, 0) is 11.3 Å². The van der Waals surface area contributed by atoms with Crippen LogP contribution in [0.25, 0.3) is 5.65 Å². The van der Waals surface area contributed by atoms with Crippen LogP contribution in [0.4, 0.5) is 5.82 Å². The van der Waals surface area contributed by atoms with Crippen LogP contribution in [0.1, 0.15) is 31.0 Å². The highest BCUT2D eigenvalue weighted by Crippen LogP contribution is 2.44. The minimum atomic E-state index is 0.0915. The Hall–Kier alpha value is -1.48. The highest BCUT2D eigenvalue weighted by atomic mass is 35.5. The molecule has 4 heterocycles. The van der Waals surface area contributed by atoms with Crippen LogP contribution in [-0.4, -0.2) is 60.2 Å². The van der Waals surface area contributed by atoms with Gasteiger partial charge >= 0.3 is 0 Å². The molecule has 2 fully saturated rings. The van der Waals surface area contributed by atoms with Gasteiger partial charge in [0.05, 0.1) is 33.3 Å². The molecule has 188 valence electrons. The number of benzene rings is 1. The molecule has 5 rings (SSSR count). The zero-order chi connectivity index (χ0) is 24.9. The number of piperidine rings is 1. The van der Waals surface area contributed by atoms with Gasteiger partial charge in [-0.05, 0) is 64.5 Å². The number of aryl methyl sites for hydroxylation is 1. The van der Waals surface area contributed by atoms with Gasteiger partial charge in [0.1, 0.15) is 5.82 Å². The van der Waals surface area contributed by atoms with Crippen molar-refractivity contribution in [3.63, 3.8) is 0 Å². The van der Waals surface area contributed by atoms with Gasteiger partial charge in [-0.1, -0.05) is 41.0 Å². The fourth-order valence-electron chi connectivity index (χ4n) is 5.37. The van der Waals surface area contributed by atoms with Crippen molar-refractivity contribution in [2.45, 2.75) is 55.2 Å². The Morgan fingerprint density at radius 1 is 1.26 bits per heavy atom. The normalized spacial score (nSPS) is 22.1. The van der Waals surface area contributed by atoms with E-state index in [0.717, 1.165) is 60.2 Å². The largest absolute Gasteiger partial charge is 0.376 e. The Balaban J connectivity index is 1.52. The molecule has 2 atom stereocenters. The number of imidazole rings is 1.